The minimum Gasteiger partial charge on any atom is -0.508 e. The molecular formula is C21H20N2O6. The number of para-hydroxylation sites is 1. The number of aromatic hydroxyl groups is 1. The van der Waals surface area contributed by atoms with Crippen LogP contribution in [0, 0.1) is 6.92 Å². The van der Waals surface area contributed by atoms with Crippen LogP contribution in [0.25, 0.3) is 11.0 Å². The van der Waals surface area contributed by atoms with Crippen LogP contribution in [0.15, 0.2) is 57.7 Å². The Labute approximate surface area is 166 Å². The van der Waals surface area contributed by atoms with Gasteiger partial charge in [-0.2, -0.15) is 0 Å². The zero-order chi connectivity index (χ0) is 21.0. The number of amides is 2. The number of urea groups is 1. The molecule has 2 aromatic carbocycles. The molecule has 1 heterocycles. The number of benzene rings is 2. The number of phenols is 1. The SMILES string of the molecule is Cc1c(O)ccc2c(COC(=O)[C@H](C)NC(=O)Nc3ccccc3)cc(=O)oc12. The molecule has 0 aliphatic carbocycles. The number of hydrogen-bond acceptors (Lipinski definition) is 6. The van der Waals surface area contributed by atoms with Crippen molar-refractivity contribution in [3.63, 3.8) is 0 Å². The molecule has 150 valence electrons. The topological polar surface area (TPSA) is 118 Å². The van der Waals surface area contributed by atoms with Gasteiger partial charge >= 0.3 is 17.6 Å². The van der Waals surface area contributed by atoms with Crippen molar-refractivity contribution in [2.75, 3.05) is 5.32 Å². The zero-order valence-corrected chi connectivity index (χ0v) is 15.9. The predicted molar refractivity (Wildman–Crippen MR) is 107 cm³/mol. The summed E-state index contributed by atoms with van der Waals surface area (Å²) in [6.07, 6.45) is 0. The molecular weight excluding hydrogens is 376 g/mol. The van der Waals surface area contributed by atoms with E-state index in [1.54, 1.807) is 37.3 Å². The molecule has 3 N–H and O–H groups in total. The van der Waals surface area contributed by atoms with Gasteiger partial charge in [-0.15, -0.1) is 0 Å². The lowest BCUT2D eigenvalue weighted by atomic mass is 10.1. The van der Waals surface area contributed by atoms with Crippen LogP contribution < -0.4 is 16.3 Å². The number of rotatable bonds is 5. The summed E-state index contributed by atoms with van der Waals surface area (Å²) in [6, 6.07) is 11.6. The minimum absolute atomic E-state index is 0.00274. The fourth-order valence-electron chi connectivity index (χ4n) is 2.75. The molecule has 1 atom stereocenters. The molecule has 0 fully saturated rings. The lowest BCUT2D eigenvalue weighted by molar-refractivity contribution is -0.146. The molecule has 0 aliphatic rings. The largest absolute Gasteiger partial charge is 0.508 e. The van der Waals surface area contributed by atoms with E-state index in [1.165, 1.54) is 19.1 Å². The lowest BCUT2D eigenvalue weighted by Crippen LogP contribution is -2.41. The van der Waals surface area contributed by atoms with Crippen LogP contribution in [0.4, 0.5) is 10.5 Å². The zero-order valence-electron chi connectivity index (χ0n) is 15.9. The summed E-state index contributed by atoms with van der Waals surface area (Å²) in [5.74, 6) is -0.665. The monoisotopic (exact) mass is 396 g/mol. The normalized spacial score (nSPS) is 11.7. The molecule has 0 spiro atoms. The van der Waals surface area contributed by atoms with Gasteiger partial charge in [0.15, 0.2) is 0 Å². The van der Waals surface area contributed by atoms with E-state index in [0.29, 0.717) is 22.2 Å². The summed E-state index contributed by atoms with van der Waals surface area (Å²) in [7, 11) is 0. The number of ether oxygens (including phenoxy) is 1. The van der Waals surface area contributed by atoms with Crippen molar-refractivity contribution in [3.05, 3.63) is 70.1 Å². The van der Waals surface area contributed by atoms with Crippen LogP contribution in [0.1, 0.15) is 18.1 Å². The maximum atomic E-state index is 12.2. The van der Waals surface area contributed by atoms with E-state index >= 15 is 0 Å². The minimum atomic E-state index is -0.907. The average Bonchev–Trinajstić information content (AvgIpc) is 2.69. The summed E-state index contributed by atoms with van der Waals surface area (Å²) in [6.45, 7) is 2.93. The summed E-state index contributed by atoms with van der Waals surface area (Å²) < 4.78 is 10.4. The van der Waals surface area contributed by atoms with Gasteiger partial charge in [0.2, 0.25) is 0 Å². The summed E-state index contributed by atoms with van der Waals surface area (Å²) >= 11 is 0. The van der Waals surface area contributed by atoms with Gasteiger partial charge in [0.1, 0.15) is 24.0 Å². The Morgan fingerprint density at radius 1 is 1.17 bits per heavy atom. The van der Waals surface area contributed by atoms with Gasteiger partial charge in [-0.3, -0.25) is 0 Å². The van der Waals surface area contributed by atoms with Gasteiger partial charge in [0.05, 0.1) is 0 Å². The Morgan fingerprint density at radius 2 is 1.90 bits per heavy atom. The number of phenolic OH excluding ortho intramolecular Hbond substituents is 1. The van der Waals surface area contributed by atoms with E-state index in [1.807, 2.05) is 6.07 Å². The molecule has 1 aromatic heterocycles. The molecule has 2 amide bonds. The van der Waals surface area contributed by atoms with Gasteiger partial charge in [-0.05, 0) is 38.1 Å². The van der Waals surface area contributed by atoms with Crippen LogP contribution in [-0.4, -0.2) is 23.1 Å². The van der Waals surface area contributed by atoms with Gasteiger partial charge in [0.25, 0.3) is 0 Å². The second kappa shape index (κ2) is 8.47. The third kappa shape index (κ3) is 4.73. The highest BCUT2D eigenvalue weighted by molar-refractivity contribution is 5.92. The number of hydrogen-bond donors (Lipinski definition) is 3. The van der Waals surface area contributed by atoms with Crippen molar-refractivity contribution in [1.29, 1.82) is 0 Å². The standard InChI is InChI=1S/C21H20N2O6/c1-12-17(24)9-8-16-14(10-18(25)29-19(12)16)11-28-20(26)13(2)22-21(27)23-15-6-4-3-5-7-15/h3-10,13,24H,11H2,1-2H3,(H2,22,23,27)/t13-/m0/s1. The highest BCUT2D eigenvalue weighted by Crippen LogP contribution is 2.27. The van der Waals surface area contributed by atoms with Crippen LogP contribution in [0.5, 0.6) is 5.75 Å². The molecule has 29 heavy (non-hydrogen) atoms. The number of anilines is 1. The van der Waals surface area contributed by atoms with Crippen molar-refractivity contribution < 1.29 is 23.8 Å². The molecule has 0 radical (unpaired) electrons. The number of esters is 1. The van der Waals surface area contributed by atoms with Crippen molar-refractivity contribution in [1.82, 2.24) is 5.32 Å². The molecule has 3 rings (SSSR count). The van der Waals surface area contributed by atoms with Crippen molar-refractivity contribution >= 4 is 28.7 Å². The Balaban J connectivity index is 1.65. The summed E-state index contributed by atoms with van der Waals surface area (Å²) in [5, 5.41) is 15.4. The number of fused-ring (bicyclic) bond motifs is 1. The van der Waals surface area contributed by atoms with Crippen LogP contribution in [0.2, 0.25) is 0 Å². The van der Waals surface area contributed by atoms with Gasteiger partial charge < -0.3 is 24.9 Å². The Hall–Kier alpha value is -3.81. The first-order valence-electron chi connectivity index (χ1n) is 8.89. The molecule has 0 bridgehead atoms. The van der Waals surface area contributed by atoms with E-state index in [4.69, 9.17) is 9.15 Å². The highest BCUT2D eigenvalue weighted by atomic mass is 16.5. The molecule has 3 aromatic rings. The fraction of sp³-hybridized carbons (Fsp3) is 0.190. The summed E-state index contributed by atoms with van der Waals surface area (Å²) in [5.41, 5.74) is 1.06. The van der Waals surface area contributed by atoms with Crippen molar-refractivity contribution in [3.8, 4) is 5.75 Å². The average molecular weight is 396 g/mol. The Bertz CT molecular complexity index is 1110. The number of carbonyl (C=O) groups excluding carboxylic acids is 2. The van der Waals surface area contributed by atoms with E-state index in [2.05, 4.69) is 10.6 Å². The molecule has 8 heteroatoms. The van der Waals surface area contributed by atoms with Crippen LogP contribution >= 0.6 is 0 Å². The third-order valence-corrected chi connectivity index (χ3v) is 4.32. The van der Waals surface area contributed by atoms with E-state index in [0.717, 1.165) is 0 Å². The first kappa shape index (κ1) is 19.9. The third-order valence-electron chi connectivity index (χ3n) is 4.32. The maximum Gasteiger partial charge on any atom is 0.336 e. The second-order valence-electron chi connectivity index (χ2n) is 6.47. The quantitative estimate of drug-likeness (QED) is 0.451. The van der Waals surface area contributed by atoms with Gasteiger partial charge in [-0.25, -0.2) is 14.4 Å². The fourth-order valence-corrected chi connectivity index (χ4v) is 2.75. The number of aryl methyl sites for hydroxylation is 1. The number of nitrogens with one attached hydrogen (secondary N) is 2. The number of carbonyl (C=O) groups is 2. The molecule has 8 nitrogen and oxygen atoms in total. The van der Waals surface area contributed by atoms with Gasteiger partial charge in [0, 0.05) is 28.3 Å². The predicted octanol–water partition coefficient (Wildman–Crippen LogP) is 3.06. The lowest BCUT2D eigenvalue weighted by Gasteiger charge is -2.15. The molecule has 0 aliphatic heterocycles. The Kier molecular flexibility index (Phi) is 5.82. The smallest absolute Gasteiger partial charge is 0.336 e. The van der Waals surface area contributed by atoms with E-state index in [-0.39, 0.29) is 17.9 Å². The Morgan fingerprint density at radius 3 is 2.62 bits per heavy atom. The van der Waals surface area contributed by atoms with Crippen LogP contribution in [-0.2, 0) is 16.1 Å². The highest BCUT2D eigenvalue weighted by Gasteiger charge is 2.18. The van der Waals surface area contributed by atoms with Crippen molar-refractivity contribution in [2.24, 2.45) is 0 Å². The maximum absolute atomic E-state index is 12.2. The van der Waals surface area contributed by atoms with Gasteiger partial charge in [-0.1, -0.05) is 18.2 Å². The van der Waals surface area contributed by atoms with E-state index < -0.39 is 23.7 Å². The first-order chi connectivity index (χ1) is 13.8. The second-order valence-corrected chi connectivity index (χ2v) is 6.47. The van der Waals surface area contributed by atoms with E-state index in [9.17, 15) is 19.5 Å². The van der Waals surface area contributed by atoms with Crippen molar-refractivity contribution in [2.45, 2.75) is 26.5 Å². The summed E-state index contributed by atoms with van der Waals surface area (Å²) in [4.78, 5) is 36.0. The van der Waals surface area contributed by atoms with Crippen LogP contribution in [0.3, 0.4) is 0 Å². The molecule has 0 unspecified atom stereocenters. The first-order valence-corrected chi connectivity index (χ1v) is 8.89. The molecule has 0 saturated carbocycles. The molecule has 0 saturated heterocycles.